The van der Waals surface area contributed by atoms with Gasteiger partial charge in [0.25, 0.3) is 0 Å². The first-order valence-electron chi connectivity index (χ1n) is 8.35. The van der Waals surface area contributed by atoms with E-state index in [1.807, 2.05) is 31.2 Å². The van der Waals surface area contributed by atoms with Gasteiger partial charge >= 0.3 is 11.7 Å². The number of aromatic nitrogens is 1. The number of nitrogens with zero attached hydrogens (tertiary/aromatic N) is 1. The van der Waals surface area contributed by atoms with Crippen molar-refractivity contribution < 1.29 is 13.9 Å². The number of benzene rings is 2. The molecule has 1 heterocycles. The van der Waals surface area contributed by atoms with Gasteiger partial charge in [-0.25, -0.2) is 4.79 Å². The summed E-state index contributed by atoms with van der Waals surface area (Å²) in [7, 11) is 0. The maximum Gasteiger partial charge on any atom is 0.419 e. The summed E-state index contributed by atoms with van der Waals surface area (Å²) in [6.45, 7) is 6.29. The number of hydrogen-bond acceptors (Lipinski definition) is 4. The second-order valence-electron chi connectivity index (χ2n) is 6.41. The summed E-state index contributed by atoms with van der Waals surface area (Å²) in [5.41, 5.74) is 3.22. The number of fused-ring (bicyclic) bond motifs is 1. The smallest absolute Gasteiger partial charge is 0.419 e. The van der Waals surface area contributed by atoms with Crippen LogP contribution in [0.4, 0.5) is 0 Å². The second-order valence-corrected chi connectivity index (χ2v) is 6.41. The monoisotopic (exact) mass is 339 g/mol. The van der Waals surface area contributed by atoms with E-state index in [0.717, 1.165) is 11.1 Å². The SMILES string of the molecule is Cc1ccc(C(C)C)c(OC(=O)CCn2c(=O)oc3ccccc32)c1. The number of carbonyl (C=O) groups excluding carboxylic acids is 1. The molecule has 0 N–H and O–H groups in total. The Morgan fingerprint density at radius 1 is 1.20 bits per heavy atom. The van der Waals surface area contributed by atoms with Crippen molar-refractivity contribution >= 4 is 17.1 Å². The number of para-hydroxylation sites is 2. The molecule has 0 atom stereocenters. The summed E-state index contributed by atoms with van der Waals surface area (Å²) >= 11 is 0. The minimum absolute atomic E-state index is 0.0922. The Labute approximate surface area is 145 Å². The van der Waals surface area contributed by atoms with Gasteiger partial charge in [0.2, 0.25) is 0 Å². The van der Waals surface area contributed by atoms with E-state index in [2.05, 4.69) is 13.8 Å². The van der Waals surface area contributed by atoms with Crippen molar-refractivity contribution in [2.75, 3.05) is 0 Å². The first-order chi connectivity index (χ1) is 12.0. The molecule has 0 aliphatic carbocycles. The van der Waals surface area contributed by atoms with Gasteiger partial charge in [0.15, 0.2) is 5.58 Å². The Hall–Kier alpha value is -2.82. The van der Waals surface area contributed by atoms with Crippen LogP contribution in [-0.4, -0.2) is 10.5 Å². The molecule has 0 saturated carbocycles. The van der Waals surface area contributed by atoms with Gasteiger partial charge in [-0.05, 0) is 42.2 Å². The van der Waals surface area contributed by atoms with E-state index in [9.17, 15) is 9.59 Å². The molecule has 0 bridgehead atoms. The Morgan fingerprint density at radius 3 is 2.72 bits per heavy atom. The van der Waals surface area contributed by atoms with Crippen LogP contribution in [0.3, 0.4) is 0 Å². The summed E-state index contributed by atoms with van der Waals surface area (Å²) < 4.78 is 12.2. The standard InChI is InChI=1S/C20H21NO4/c1-13(2)15-9-8-14(3)12-18(15)24-19(22)10-11-21-16-6-4-5-7-17(16)25-20(21)23/h4-9,12-13H,10-11H2,1-3H3. The van der Waals surface area contributed by atoms with Crippen molar-refractivity contribution in [3.63, 3.8) is 0 Å². The van der Waals surface area contributed by atoms with Gasteiger partial charge in [0.1, 0.15) is 5.75 Å². The minimum Gasteiger partial charge on any atom is -0.426 e. The molecular formula is C20H21NO4. The van der Waals surface area contributed by atoms with E-state index in [4.69, 9.17) is 9.15 Å². The number of oxazole rings is 1. The van der Waals surface area contributed by atoms with Crippen LogP contribution in [0.1, 0.15) is 37.3 Å². The zero-order valence-corrected chi connectivity index (χ0v) is 14.6. The molecule has 0 aliphatic heterocycles. The van der Waals surface area contributed by atoms with Crippen LogP contribution in [0.5, 0.6) is 5.75 Å². The average molecular weight is 339 g/mol. The molecule has 0 aliphatic rings. The molecule has 0 spiro atoms. The quantitative estimate of drug-likeness (QED) is 0.520. The van der Waals surface area contributed by atoms with Gasteiger partial charge in [-0.15, -0.1) is 0 Å². The van der Waals surface area contributed by atoms with E-state index in [0.29, 0.717) is 16.8 Å². The van der Waals surface area contributed by atoms with Crippen LogP contribution in [0.2, 0.25) is 0 Å². The third-order valence-corrected chi connectivity index (χ3v) is 4.13. The van der Waals surface area contributed by atoms with Crippen molar-refractivity contribution in [2.45, 2.75) is 39.7 Å². The maximum atomic E-state index is 12.3. The molecule has 130 valence electrons. The molecule has 3 aromatic rings. The minimum atomic E-state index is -0.465. The normalized spacial score (nSPS) is 11.2. The molecule has 2 aromatic carbocycles. The van der Waals surface area contributed by atoms with E-state index < -0.39 is 5.76 Å². The molecule has 0 radical (unpaired) electrons. The van der Waals surface area contributed by atoms with E-state index in [-0.39, 0.29) is 24.9 Å². The van der Waals surface area contributed by atoms with Gasteiger partial charge < -0.3 is 9.15 Å². The Bertz CT molecular complexity index is 965. The van der Waals surface area contributed by atoms with Gasteiger partial charge in [0, 0.05) is 6.54 Å². The lowest BCUT2D eigenvalue weighted by molar-refractivity contribution is -0.134. The summed E-state index contributed by atoms with van der Waals surface area (Å²) in [5, 5.41) is 0. The third-order valence-electron chi connectivity index (χ3n) is 4.13. The van der Waals surface area contributed by atoms with Crippen molar-refractivity contribution in [1.29, 1.82) is 0 Å². The van der Waals surface area contributed by atoms with Crippen LogP contribution in [-0.2, 0) is 11.3 Å². The Morgan fingerprint density at radius 2 is 1.96 bits per heavy atom. The molecule has 1 aromatic heterocycles. The highest BCUT2D eigenvalue weighted by molar-refractivity contribution is 5.74. The van der Waals surface area contributed by atoms with E-state index in [1.165, 1.54) is 4.57 Å². The zero-order valence-electron chi connectivity index (χ0n) is 14.6. The molecule has 0 saturated heterocycles. The fraction of sp³-hybridized carbons (Fsp3) is 0.300. The van der Waals surface area contributed by atoms with Crippen LogP contribution in [0.25, 0.3) is 11.1 Å². The maximum absolute atomic E-state index is 12.3. The van der Waals surface area contributed by atoms with Gasteiger partial charge in [-0.2, -0.15) is 0 Å². The summed E-state index contributed by atoms with van der Waals surface area (Å²) in [4.78, 5) is 24.2. The molecule has 5 nitrogen and oxygen atoms in total. The van der Waals surface area contributed by atoms with Crippen molar-refractivity contribution in [1.82, 2.24) is 4.57 Å². The fourth-order valence-corrected chi connectivity index (χ4v) is 2.81. The lowest BCUT2D eigenvalue weighted by atomic mass is 10.0. The highest BCUT2D eigenvalue weighted by atomic mass is 16.5. The van der Waals surface area contributed by atoms with E-state index >= 15 is 0 Å². The first kappa shape index (κ1) is 17.0. The molecule has 25 heavy (non-hydrogen) atoms. The van der Waals surface area contributed by atoms with Gasteiger partial charge in [-0.3, -0.25) is 9.36 Å². The second kappa shape index (κ2) is 6.97. The topological polar surface area (TPSA) is 61.4 Å². The summed E-state index contributed by atoms with van der Waals surface area (Å²) in [6, 6.07) is 13.0. The zero-order chi connectivity index (χ0) is 18.0. The van der Waals surface area contributed by atoms with Crippen molar-refractivity contribution in [3.8, 4) is 5.75 Å². The number of ether oxygens (including phenoxy) is 1. The molecule has 0 fully saturated rings. The van der Waals surface area contributed by atoms with Crippen LogP contribution >= 0.6 is 0 Å². The number of hydrogen-bond donors (Lipinski definition) is 0. The average Bonchev–Trinajstić information content (AvgIpc) is 2.88. The predicted molar refractivity (Wildman–Crippen MR) is 96.0 cm³/mol. The third kappa shape index (κ3) is 3.65. The molecule has 3 rings (SSSR count). The first-order valence-corrected chi connectivity index (χ1v) is 8.35. The Kier molecular flexibility index (Phi) is 4.74. The lowest BCUT2D eigenvalue weighted by Crippen LogP contribution is -2.19. The van der Waals surface area contributed by atoms with Gasteiger partial charge in [-0.1, -0.05) is 38.1 Å². The van der Waals surface area contributed by atoms with Crippen LogP contribution in [0.15, 0.2) is 51.7 Å². The molecule has 0 amide bonds. The Balaban J connectivity index is 1.74. The highest BCUT2D eigenvalue weighted by Crippen LogP contribution is 2.27. The van der Waals surface area contributed by atoms with Crippen molar-refractivity contribution in [3.05, 3.63) is 64.1 Å². The van der Waals surface area contributed by atoms with Crippen molar-refractivity contribution in [2.24, 2.45) is 0 Å². The lowest BCUT2D eigenvalue weighted by Gasteiger charge is -2.13. The molecule has 5 heteroatoms. The molecule has 0 unspecified atom stereocenters. The van der Waals surface area contributed by atoms with Gasteiger partial charge in [0.05, 0.1) is 11.9 Å². The fourth-order valence-electron chi connectivity index (χ4n) is 2.81. The predicted octanol–water partition coefficient (Wildman–Crippen LogP) is 4.02. The molecular weight excluding hydrogens is 318 g/mol. The number of esters is 1. The summed E-state index contributed by atoms with van der Waals surface area (Å²) in [6.07, 6.45) is 0.0922. The largest absolute Gasteiger partial charge is 0.426 e. The van der Waals surface area contributed by atoms with Crippen LogP contribution < -0.4 is 10.5 Å². The van der Waals surface area contributed by atoms with Crippen LogP contribution in [0, 0.1) is 6.92 Å². The summed E-state index contributed by atoms with van der Waals surface area (Å²) in [5.74, 6) is 0.00495. The number of carbonyl (C=O) groups is 1. The number of rotatable bonds is 5. The highest BCUT2D eigenvalue weighted by Gasteiger charge is 2.14. The number of aryl methyl sites for hydroxylation is 2. The van der Waals surface area contributed by atoms with E-state index in [1.54, 1.807) is 18.2 Å².